The SMILES string of the molecule is C[C@@H]1[C@@H]([Si](C)(C)F)[C@H](CCn2cc(C(CO)c3ccccc3)nn2)O[C@@]12C(=O)N(Cc1ccc(N3C(=O)c4cccc5cccc3c45)cc1)c1ccc(Cl)cc12. The van der Waals surface area contributed by atoms with Crippen molar-refractivity contribution in [2.45, 2.75) is 62.7 Å². The molecule has 56 heavy (non-hydrogen) atoms. The summed E-state index contributed by atoms with van der Waals surface area (Å²) in [6.45, 7) is 5.82. The highest BCUT2D eigenvalue weighted by molar-refractivity contribution is 6.72. The molecule has 12 heteroatoms. The summed E-state index contributed by atoms with van der Waals surface area (Å²) in [5, 5.41) is 21.3. The van der Waals surface area contributed by atoms with Gasteiger partial charge in [-0.1, -0.05) is 90.5 Å². The van der Waals surface area contributed by atoms with Crippen LogP contribution in [-0.2, 0) is 28.2 Å². The molecule has 5 aromatic carbocycles. The van der Waals surface area contributed by atoms with E-state index in [1.54, 1.807) is 39.7 Å². The maximum Gasteiger partial charge on any atom is 0.264 e. The smallest absolute Gasteiger partial charge is 0.264 e. The third-order valence-electron chi connectivity index (χ3n) is 12.0. The van der Waals surface area contributed by atoms with E-state index in [0.717, 1.165) is 33.3 Å². The van der Waals surface area contributed by atoms with Crippen LogP contribution in [0.5, 0.6) is 0 Å². The highest BCUT2D eigenvalue weighted by Gasteiger charge is 2.66. The zero-order valence-corrected chi connectivity index (χ0v) is 33.0. The van der Waals surface area contributed by atoms with Gasteiger partial charge in [0.05, 0.1) is 47.8 Å². The highest BCUT2D eigenvalue weighted by atomic mass is 35.5. The van der Waals surface area contributed by atoms with Crippen LogP contribution in [0.25, 0.3) is 10.8 Å². The summed E-state index contributed by atoms with van der Waals surface area (Å²) in [7, 11) is -3.41. The summed E-state index contributed by atoms with van der Waals surface area (Å²) in [4.78, 5) is 32.0. The van der Waals surface area contributed by atoms with E-state index in [0.29, 0.717) is 40.5 Å². The Morgan fingerprint density at radius 2 is 1.70 bits per heavy atom. The number of ether oxygens (including phenoxy) is 1. The van der Waals surface area contributed by atoms with E-state index >= 15 is 4.11 Å². The lowest BCUT2D eigenvalue weighted by molar-refractivity contribution is -0.146. The number of aryl methyl sites for hydroxylation is 1. The van der Waals surface area contributed by atoms with Crippen LogP contribution in [0.1, 0.15) is 52.0 Å². The molecule has 3 aliphatic heterocycles. The van der Waals surface area contributed by atoms with Gasteiger partial charge in [-0.15, -0.1) is 5.10 Å². The Labute approximate surface area is 330 Å². The zero-order chi connectivity index (χ0) is 38.9. The van der Waals surface area contributed by atoms with Crippen LogP contribution in [-0.4, -0.2) is 53.0 Å². The van der Waals surface area contributed by atoms with Gasteiger partial charge < -0.3 is 18.9 Å². The number of fused-ring (bicyclic) bond motifs is 2. The number of hydrogen-bond donors (Lipinski definition) is 1. The molecule has 284 valence electrons. The van der Waals surface area contributed by atoms with E-state index in [9.17, 15) is 14.7 Å². The molecular weight excluding hydrogens is 745 g/mol. The lowest BCUT2D eigenvalue weighted by Gasteiger charge is -2.31. The molecule has 1 unspecified atom stereocenters. The summed E-state index contributed by atoms with van der Waals surface area (Å²) in [6.07, 6.45) is 1.65. The second-order valence-electron chi connectivity index (χ2n) is 15.7. The molecular formula is C44H41ClFN5O4Si. The first-order chi connectivity index (χ1) is 27.0. The van der Waals surface area contributed by atoms with E-state index in [-0.39, 0.29) is 30.9 Å². The van der Waals surface area contributed by atoms with Gasteiger partial charge in [-0.25, -0.2) is 0 Å². The number of aliphatic hydroxyl groups excluding tert-OH is 1. The maximum absolute atomic E-state index is 16.5. The van der Waals surface area contributed by atoms with Crippen molar-refractivity contribution in [3.8, 4) is 0 Å². The largest absolute Gasteiger partial charge is 0.395 e. The lowest BCUT2D eigenvalue weighted by atomic mass is 9.82. The second kappa shape index (κ2) is 13.8. The minimum Gasteiger partial charge on any atom is -0.395 e. The Morgan fingerprint density at radius 3 is 2.43 bits per heavy atom. The van der Waals surface area contributed by atoms with E-state index < -0.39 is 31.6 Å². The first-order valence-corrected chi connectivity index (χ1v) is 22.3. The minimum atomic E-state index is -3.41. The van der Waals surface area contributed by atoms with Crippen LogP contribution in [0.3, 0.4) is 0 Å². The van der Waals surface area contributed by atoms with Crippen molar-refractivity contribution in [2.24, 2.45) is 5.92 Å². The van der Waals surface area contributed by atoms with Crippen LogP contribution < -0.4 is 9.80 Å². The standard InChI is InChI=1S/C44H41ClFN5O4Si/c1-27-41(56(2,3)46)39(21-22-49-25-36(47-48-49)34(26-52)29-9-5-4-6-10-29)55-44(27)35-23-31(45)17-20-37(35)50(43(44)54)24-28-15-18-32(19-16-28)51-38-14-8-12-30-11-7-13-33(40(30)38)42(51)53/h4-20,23,25,27,34,39,41,52H,21-22,24,26H2,1-3H3/t27-,34?,39+,41-,44+/m1/s1. The third kappa shape index (κ3) is 5.79. The Bertz CT molecular complexity index is 2490. The number of aliphatic hydroxyl groups is 1. The quantitative estimate of drug-likeness (QED) is 0.110. The number of carbonyl (C=O) groups excluding carboxylic acids is 2. The van der Waals surface area contributed by atoms with E-state index in [4.69, 9.17) is 16.3 Å². The van der Waals surface area contributed by atoms with Gasteiger partial charge in [-0.2, -0.15) is 0 Å². The van der Waals surface area contributed by atoms with Gasteiger partial charge in [0.15, 0.2) is 5.60 Å². The number of anilines is 3. The first-order valence-electron chi connectivity index (χ1n) is 19.0. The fourth-order valence-electron chi connectivity index (χ4n) is 9.45. The number of hydrogen-bond acceptors (Lipinski definition) is 6. The Balaban J connectivity index is 0.985. The van der Waals surface area contributed by atoms with Gasteiger partial charge in [-0.05, 0) is 78.5 Å². The fraction of sp³-hybridized carbons (Fsp3) is 0.273. The zero-order valence-electron chi connectivity index (χ0n) is 31.3. The number of carbonyl (C=O) groups is 2. The summed E-state index contributed by atoms with van der Waals surface area (Å²) in [5.74, 6) is -1.13. The molecule has 1 saturated heterocycles. The van der Waals surface area contributed by atoms with E-state index in [1.807, 2.05) is 110 Å². The average molecular weight is 786 g/mol. The molecule has 1 fully saturated rings. The Hall–Kier alpha value is -5.20. The normalized spacial score (nSPS) is 22.1. The van der Waals surface area contributed by atoms with Gasteiger partial charge in [0.25, 0.3) is 11.8 Å². The van der Waals surface area contributed by atoms with Crippen molar-refractivity contribution in [2.75, 3.05) is 16.4 Å². The number of nitrogens with zero attached hydrogens (tertiary/aromatic N) is 5. The lowest BCUT2D eigenvalue weighted by Crippen LogP contribution is -2.45. The van der Waals surface area contributed by atoms with Crippen LogP contribution in [0.15, 0.2) is 115 Å². The molecule has 4 heterocycles. The van der Waals surface area contributed by atoms with Gasteiger partial charge in [0.1, 0.15) is 0 Å². The summed E-state index contributed by atoms with van der Waals surface area (Å²) in [5.41, 5.74) is 4.10. The first kappa shape index (κ1) is 36.4. The number of amides is 2. The molecule has 2 amide bonds. The predicted molar refractivity (Wildman–Crippen MR) is 218 cm³/mol. The maximum atomic E-state index is 16.5. The van der Waals surface area contributed by atoms with Crippen LogP contribution >= 0.6 is 11.6 Å². The summed E-state index contributed by atoms with van der Waals surface area (Å²) in [6, 6.07) is 34.5. The van der Waals surface area contributed by atoms with Crippen molar-refractivity contribution >= 4 is 59.7 Å². The topological polar surface area (TPSA) is 101 Å². The van der Waals surface area contributed by atoms with Crippen LogP contribution in [0, 0.1) is 5.92 Å². The molecule has 6 aromatic rings. The molecule has 0 radical (unpaired) electrons. The van der Waals surface area contributed by atoms with Gasteiger partial charge in [0.2, 0.25) is 8.41 Å². The van der Waals surface area contributed by atoms with Crippen LogP contribution in [0.2, 0.25) is 23.7 Å². The van der Waals surface area contributed by atoms with Gasteiger partial charge in [0, 0.05) is 45.9 Å². The summed E-state index contributed by atoms with van der Waals surface area (Å²) >= 11 is 6.61. The second-order valence-corrected chi connectivity index (χ2v) is 19.9. The molecule has 1 N–H and O–H groups in total. The average Bonchev–Trinajstić information content (AvgIpc) is 3.92. The molecule has 5 atom stereocenters. The third-order valence-corrected chi connectivity index (χ3v) is 14.6. The van der Waals surface area contributed by atoms with Gasteiger partial charge in [-0.3, -0.25) is 19.2 Å². The molecule has 1 spiro atoms. The minimum absolute atomic E-state index is 0.0753. The van der Waals surface area contributed by atoms with E-state index in [2.05, 4.69) is 10.3 Å². The molecule has 9 rings (SSSR count). The van der Waals surface area contributed by atoms with Crippen molar-refractivity contribution in [1.82, 2.24) is 15.0 Å². The Morgan fingerprint density at radius 1 is 0.946 bits per heavy atom. The predicted octanol–water partition coefficient (Wildman–Crippen LogP) is 8.91. The molecule has 1 aromatic heterocycles. The van der Waals surface area contributed by atoms with Gasteiger partial charge >= 0.3 is 0 Å². The molecule has 3 aliphatic rings. The monoisotopic (exact) mass is 785 g/mol. The van der Waals surface area contributed by atoms with Crippen molar-refractivity contribution in [3.63, 3.8) is 0 Å². The number of benzene rings is 5. The number of halogens is 2. The van der Waals surface area contributed by atoms with E-state index in [1.165, 1.54) is 0 Å². The molecule has 0 saturated carbocycles. The summed E-state index contributed by atoms with van der Waals surface area (Å²) < 4.78 is 25.1. The highest BCUT2D eigenvalue weighted by Crippen LogP contribution is 2.60. The van der Waals surface area contributed by atoms with Crippen molar-refractivity contribution in [3.05, 3.63) is 148 Å². The number of aromatic nitrogens is 3. The number of rotatable bonds is 10. The van der Waals surface area contributed by atoms with Crippen LogP contribution in [0.4, 0.5) is 21.2 Å². The fourth-order valence-corrected chi connectivity index (χ4v) is 12.2. The molecule has 0 aliphatic carbocycles. The molecule has 0 bridgehead atoms. The van der Waals surface area contributed by atoms with Crippen molar-refractivity contribution < 1.29 is 23.5 Å². The Kier molecular flexibility index (Phi) is 8.96. The molecule has 9 nitrogen and oxygen atoms in total. The van der Waals surface area contributed by atoms with Crippen molar-refractivity contribution in [1.29, 1.82) is 0 Å².